The zero-order valence-corrected chi connectivity index (χ0v) is 26.0. The number of halogens is 4. The highest BCUT2D eigenvalue weighted by Crippen LogP contribution is 2.33. The van der Waals surface area contributed by atoms with E-state index in [1.54, 1.807) is 12.4 Å². The number of nitrogens with zero attached hydrogens (tertiary/aromatic N) is 7. The van der Waals surface area contributed by atoms with Crippen LogP contribution in [0, 0.1) is 0 Å². The maximum Gasteiger partial charge on any atom is 0.232 e. The standard InChI is InChI=1S/C26H26Br2Cl2N10/c27-15-12-17-22(18(28)13-15)33-14-34-23(17)31-6-7-32-24-36-25(35-16-4-5-16)38-26(37-24)40-10-8-39(9-11-40)20-3-1-2-19(29)21(20)30/h1-3,12-14,16H,4-11H2,(H,31,33,34)(H2,32,35,36,37,38). The molecule has 0 atom stereocenters. The van der Waals surface area contributed by atoms with E-state index in [1.807, 2.05) is 24.3 Å². The summed E-state index contributed by atoms with van der Waals surface area (Å²) in [7, 11) is 0. The van der Waals surface area contributed by atoms with Gasteiger partial charge in [-0.25, -0.2) is 9.97 Å². The lowest BCUT2D eigenvalue weighted by Crippen LogP contribution is -2.47. The molecule has 1 saturated heterocycles. The molecule has 6 rings (SSSR count). The van der Waals surface area contributed by atoms with Crippen molar-refractivity contribution < 1.29 is 0 Å². The molecule has 208 valence electrons. The summed E-state index contributed by atoms with van der Waals surface area (Å²) in [5, 5.41) is 12.2. The van der Waals surface area contributed by atoms with Crippen LogP contribution >= 0.6 is 55.1 Å². The predicted octanol–water partition coefficient (Wildman–Crippen LogP) is 6.07. The van der Waals surface area contributed by atoms with E-state index in [0.29, 0.717) is 47.0 Å². The first-order chi connectivity index (χ1) is 19.4. The van der Waals surface area contributed by atoms with Crippen LogP contribution in [0.3, 0.4) is 0 Å². The highest BCUT2D eigenvalue weighted by atomic mass is 79.9. The average molecular weight is 709 g/mol. The lowest BCUT2D eigenvalue weighted by atomic mass is 10.2. The fraction of sp³-hybridized carbons (Fsp3) is 0.346. The van der Waals surface area contributed by atoms with Gasteiger partial charge < -0.3 is 25.8 Å². The molecule has 1 saturated carbocycles. The number of piperazine rings is 1. The van der Waals surface area contributed by atoms with Crippen molar-refractivity contribution in [1.29, 1.82) is 0 Å². The van der Waals surface area contributed by atoms with Crippen LogP contribution in [0.15, 0.2) is 45.6 Å². The predicted molar refractivity (Wildman–Crippen MR) is 169 cm³/mol. The molecule has 40 heavy (non-hydrogen) atoms. The average Bonchev–Trinajstić information content (AvgIpc) is 3.77. The van der Waals surface area contributed by atoms with E-state index in [0.717, 1.165) is 70.4 Å². The number of rotatable bonds is 9. The van der Waals surface area contributed by atoms with Gasteiger partial charge in [-0.1, -0.05) is 45.2 Å². The maximum absolute atomic E-state index is 6.46. The van der Waals surface area contributed by atoms with Gasteiger partial charge in [0.05, 0.1) is 21.2 Å². The van der Waals surface area contributed by atoms with E-state index < -0.39 is 0 Å². The second-order valence-electron chi connectivity index (χ2n) is 9.61. The zero-order valence-electron chi connectivity index (χ0n) is 21.3. The number of anilines is 5. The van der Waals surface area contributed by atoms with Gasteiger partial charge in [-0.15, -0.1) is 0 Å². The Morgan fingerprint density at radius 3 is 2.42 bits per heavy atom. The molecule has 0 unspecified atom stereocenters. The molecule has 1 aliphatic heterocycles. The van der Waals surface area contributed by atoms with Crippen LogP contribution < -0.4 is 25.8 Å². The van der Waals surface area contributed by atoms with Crippen molar-refractivity contribution in [3.8, 4) is 0 Å². The highest BCUT2D eigenvalue weighted by Gasteiger charge is 2.25. The molecule has 2 aromatic carbocycles. The van der Waals surface area contributed by atoms with Crippen molar-refractivity contribution in [1.82, 2.24) is 24.9 Å². The van der Waals surface area contributed by atoms with Crippen LogP contribution in [0.1, 0.15) is 12.8 Å². The first kappa shape index (κ1) is 27.5. The smallest absolute Gasteiger partial charge is 0.232 e. The lowest BCUT2D eigenvalue weighted by Gasteiger charge is -2.36. The van der Waals surface area contributed by atoms with E-state index in [4.69, 9.17) is 33.2 Å². The molecule has 2 fully saturated rings. The van der Waals surface area contributed by atoms with E-state index >= 15 is 0 Å². The number of hydrogen-bond donors (Lipinski definition) is 3. The molecule has 4 aromatic rings. The van der Waals surface area contributed by atoms with Crippen LogP contribution in [0.4, 0.5) is 29.4 Å². The van der Waals surface area contributed by atoms with Crippen molar-refractivity contribution in [2.24, 2.45) is 0 Å². The SMILES string of the molecule is Clc1cccc(N2CCN(c3nc(NCCNc4ncnc5c(Br)cc(Br)cc45)nc(NC4CC4)n3)CC2)c1Cl. The molecule has 0 radical (unpaired) electrons. The second kappa shape index (κ2) is 12.1. The topological polar surface area (TPSA) is 107 Å². The number of fused-ring (bicyclic) bond motifs is 1. The van der Waals surface area contributed by atoms with Gasteiger partial charge in [-0.2, -0.15) is 15.0 Å². The molecule has 14 heteroatoms. The summed E-state index contributed by atoms with van der Waals surface area (Å²) in [5.74, 6) is 2.55. The minimum absolute atomic E-state index is 0.427. The van der Waals surface area contributed by atoms with E-state index in [9.17, 15) is 0 Å². The van der Waals surface area contributed by atoms with Gasteiger partial charge in [0.2, 0.25) is 17.8 Å². The third kappa shape index (κ3) is 6.29. The summed E-state index contributed by atoms with van der Waals surface area (Å²) in [5.41, 5.74) is 1.80. The van der Waals surface area contributed by atoms with Gasteiger partial charge in [0.15, 0.2) is 0 Å². The Hall–Kier alpha value is -2.67. The van der Waals surface area contributed by atoms with Gasteiger partial charge >= 0.3 is 0 Å². The van der Waals surface area contributed by atoms with Gasteiger partial charge in [0.1, 0.15) is 12.1 Å². The monoisotopic (exact) mass is 706 g/mol. The Balaban J connectivity index is 1.12. The molecule has 10 nitrogen and oxygen atoms in total. The third-order valence-electron chi connectivity index (χ3n) is 6.73. The van der Waals surface area contributed by atoms with Crippen molar-refractivity contribution in [3.63, 3.8) is 0 Å². The van der Waals surface area contributed by atoms with Gasteiger partial charge in [0.25, 0.3) is 0 Å². The summed E-state index contributed by atoms with van der Waals surface area (Å²) >= 11 is 19.8. The summed E-state index contributed by atoms with van der Waals surface area (Å²) < 4.78 is 1.86. The van der Waals surface area contributed by atoms with Crippen LogP contribution in [0.2, 0.25) is 10.0 Å². The lowest BCUT2D eigenvalue weighted by molar-refractivity contribution is 0.639. The molecular formula is C26H26Br2Cl2N10. The molecule has 3 heterocycles. The fourth-order valence-corrected chi connectivity index (χ4v) is 6.27. The molecule has 0 bridgehead atoms. The number of aromatic nitrogens is 5. The van der Waals surface area contributed by atoms with Crippen LogP contribution in [0.25, 0.3) is 10.9 Å². The summed E-state index contributed by atoms with van der Waals surface area (Å²) in [4.78, 5) is 27.4. The van der Waals surface area contributed by atoms with E-state index in [-0.39, 0.29) is 0 Å². The number of benzene rings is 2. The van der Waals surface area contributed by atoms with Crippen molar-refractivity contribution in [3.05, 3.63) is 55.6 Å². The van der Waals surface area contributed by atoms with Crippen molar-refractivity contribution in [2.75, 3.05) is 65.0 Å². The van der Waals surface area contributed by atoms with Gasteiger partial charge in [-0.05, 0) is 53.0 Å². The summed E-state index contributed by atoms with van der Waals surface area (Å²) in [6.07, 6.45) is 3.82. The fourth-order valence-electron chi connectivity index (χ4n) is 4.53. The largest absolute Gasteiger partial charge is 0.368 e. The third-order valence-corrected chi connectivity index (χ3v) is 8.60. The Morgan fingerprint density at radius 2 is 1.62 bits per heavy atom. The first-order valence-corrected chi connectivity index (χ1v) is 15.3. The minimum Gasteiger partial charge on any atom is -0.368 e. The Kier molecular flexibility index (Phi) is 8.29. The summed E-state index contributed by atoms with van der Waals surface area (Å²) in [6.45, 7) is 4.27. The van der Waals surface area contributed by atoms with E-state index in [1.165, 1.54) is 0 Å². The Labute approximate surface area is 258 Å². The van der Waals surface area contributed by atoms with E-state index in [2.05, 4.69) is 72.6 Å². The number of nitrogens with one attached hydrogen (secondary N) is 3. The Bertz CT molecular complexity index is 1530. The molecule has 0 amide bonds. The second-order valence-corrected chi connectivity index (χ2v) is 12.2. The first-order valence-electron chi connectivity index (χ1n) is 13.0. The minimum atomic E-state index is 0.427. The van der Waals surface area contributed by atoms with Crippen molar-refractivity contribution >= 4 is 95.3 Å². The molecule has 2 aliphatic rings. The Morgan fingerprint density at radius 1 is 0.875 bits per heavy atom. The molecule has 1 aliphatic carbocycles. The summed E-state index contributed by atoms with van der Waals surface area (Å²) in [6, 6.07) is 10.1. The maximum atomic E-state index is 6.46. The molecule has 0 spiro atoms. The van der Waals surface area contributed by atoms with Gasteiger partial charge in [0, 0.05) is 59.6 Å². The zero-order chi connectivity index (χ0) is 27.6. The molecule has 3 N–H and O–H groups in total. The molecular weight excluding hydrogens is 683 g/mol. The van der Waals surface area contributed by atoms with Crippen LogP contribution in [-0.4, -0.2) is 70.2 Å². The number of hydrogen-bond acceptors (Lipinski definition) is 10. The molecule has 2 aromatic heterocycles. The van der Waals surface area contributed by atoms with Crippen LogP contribution in [-0.2, 0) is 0 Å². The van der Waals surface area contributed by atoms with Gasteiger partial charge in [-0.3, -0.25) is 0 Å². The normalized spacial score (nSPS) is 15.4. The highest BCUT2D eigenvalue weighted by molar-refractivity contribution is 9.11. The van der Waals surface area contributed by atoms with Crippen molar-refractivity contribution in [2.45, 2.75) is 18.9 Å². The van der Waals surface area contributed by atoms with Crippen LogP contribution in [0.5, 0.6) is 0 Å². The quantitative estimate of drug-likeness (QED) is 0.178.